The van der Waals surface area contributed by atoms with E-state index in [-0.39, 0.29) is 16.5 Å². The van der Waals surface area contributed by atoms with Crippen LogP contribution in [0.5, 0.6) is 0 Å². The number of allylic oxidation sites excluding steroid dienone is 2. The van der Waals surface area contributed by atoms with E-state index in [1.165, 1.54) is 6.07 Å². The third kappa shape index (κ3) is 5.09. The highest BCUT2D eigenvalue weighted by Crippen LogP contribution is 2.35. The third-order valence-electron chi connectivity index (χ3n) is 5.44. The number of nitrogens with zero attached hydrogens (tertiary/aromatic N) is 3. The van der Waals surface area contributed by atoms with Gasteiger partial charge in [0.05, 0.1) is 24.4 Å². The molecule has 0 unspecified atom stereocenters. The van der Waals surface area contributed by atoms with Crippen molar-refractivity contribution in [2.75, 3.05) is 26.3 Å². The summed E-state index contributed by atoms with van der Waals surface area (Å²) in [5.74, 6) is -0.263. The molecule has 0 radical (unpaired) electrons. The first-order valence-corrected chi connectivity index (χ1v) is 10.5. The van der Waals surface area contributed by atoms with Crippen LogP contribution < -0.4 is 5.43 Å². The van der Waals surface area contributed by atoms with Crippen LogP contribution in [-0.2, 0) is 4.74 Å². The number of nitrogens with one attached hydrogen (secondary N) is 1. The van der Waals surface area contributed by atoms with Crippen molar-refractivity contribution in [1.29, 1.82) is 0 Å². The van der Waals surface area contributed by atoms with Gasteiger partial charge in [-0.2, -0.15) is 5.10 Å². The third-order valence-corrected chi connectivity index (χ3v) is 5.44. The summed E-state index contributed by atoms with van der Waals surface area (Å²) in [5, 5.41) is 15.3. The van der Waals surface area contributed by atoms with Crippen LogP contribution in [0, 0.1) is 10.1 Å². The molecule has 1 amide bonds. The van der Waals surface area contributed by atoms with E-state index < -0.39 is 0 Å². The van der Waals surface area contributed by atoms with Crippen LogP contribution >= 0.6 is 0 Å². The van der Waals surface area contributed by atoms with Crippen molar-refractivity contribution in [3.8, 4) is 0 Å². The molecular formula is C24H24N4O4. The van der Waals surface area contributed by atoms with Crippen molar-refractivity contribution in [1.82, 2.24) is 10.3 Å². The van der Waals surface area contributed by atoms with Gasteiger partial charge in [-0.05, 0) is 47.8 Å². The number of amides is 1. The fraction of sp³-hybridized carbons (Fsp3) is 0.250. The van der Waals surface area contributed by atoms with Gasteiger partial charge >= 0.3 is 0 Å². The Morgan fingerprint density at radius 2 is 1.88 bits per heavy atom. The second kappa shape index (κ2) is 10.0. The molecule has 1 aliphatic heterocycles. The predicted molar refractivity (Wildman–Crippen MR) is 122 cm³/mol. The molecule has 4 rings (SSSR count). The minimum Gasteiger partial charge on any atom is -0.378 e. The van der Waals surface area contributed by atoms with Crippen molar-refractivity contribution in [2.24, 2.45) is 5.10 Å². The molecule has 1 N–H and O–H groups in total. The van der Waals surface area contributed by atoms with Gasteiger partial charge in [-0.25, -0.2) is 5.43 Å². The maximum absolute atomic E-state index is 12.3. The van der Waals surface area contributed by atoms with Gasteiger partial charge in [-0.15, -0.1) is 0 Å². The van der Waals surface area contributed by atoms with Crippen LogP contribution in [0.4, 0.5) is 5.69 Å². The molecule has 2 aromatic rings. The van der Waals surface area contributed by atoms with Crippen molar-refractivity contribution >= 4 is 23.9 Å². The lowest BCUT2D eigenvalue weighted by Crippen LogP contribution is -2.36. The Morgan fingerprint density at radius 3 is 2.62 bits per heavy atom. The smallest absolute Gasteiger partial charge is 0.271 e. The van der Waals surface area contributed by atoms with Crippen molar-refractivity contribution in [3.05, 3.63) is 92.7 Å². The van der Waals surface area contributed by atoms with Crippen LogP contribution in [0.15, 0.2) is 76.5 Å². The van der Waals surface area contributed by atoms with Crippen molar-refractivity contribution < 1.29 is 14.5 Å². The minimum atomic E-state index is -0.386. The van der Waals surface area contributed by atoms with Gasteiger partial charge in [0, 0.05) is 36.5 Å². The zero-order chi connectivity index (χ0) is 22.3. The SMILES string of the molecule is O=C(NN=CC1=C(N2CCOCC2)C(=Cc2cccc([N+](=O)[O-])c2)CC1)c1ccccc1. The fourth-order valence-electron chi connectivity index (χ4n) is 3.92. The molecule has 1 heterocycles. The standard InChI is InChI=1S/C24H24N4O4/c29-24(19-6-2-1-3-7-19)26-25-17-21-10-9-20(23(21)27-11-13-32-14-12-27)15-18-5-4-8-22(16-18)28(30)31/h1-8,15-17H,9-14H2,(H,26,29). The van der Waals surface area contributed by atoms with Crippen LogP contribution in [-0.4, -0.2) is 48.2 Å². The molecule has 2 aromatic carbocycles. The number of nitro benzene ring substituents is 1. The maximum Gasteiger partial charge on any atom is 0.271 e. The molecule has 0 saturated carbocycles. The average molecular weight is 432 g/mol. The van der Waals surface area contributed by atoms with Gasteiger partial charge in [0.25, 0.3) is 11.6 Å². The lowest BCUT2D eigenvalue weighted by molar-refractivity contribution is -0.384. The summed E-state index contributed by atoms with van der Waals surface area (Å²) in [6.07, 6.45) is 5.28. The highest BCUT2D eigenvalue weighted by atomic mass is 16.6. The minimum absolute atomic E-state index is 0.0691. The van der Waals surface area contributed by atoms with Crippen LogP contribution in [0.3, 0.4) is 0 Å². The highest BCUT2D eigenvalue weighted by molar-refractivity contribution is 5.95. The van der Waals surface area contributed by atoms with Gasteiger partial charge in [-0.1, -0.05) is 30.3 Å². The molecule has 164 valence electrons. The van der Waals surface area contributed by atoms with Crippen molar-refractivity contribution in [2.45, 2.75) is 12.8 Å². The molecule has 8 heteroatoms. The topological polar surface area (TPSA) is 97.1 Å². The second-order valence-electron chi connectivity index (χ2n) is 7.56. The number of morpholine rings is 1. The Morgan fingerprint density at radius 1 is 1.09 bits per heavy atom. The summed E-state index contributed by atoms with van der Waals surface area (Å²) in [6.45, 7) is 2.80. The Balaban J connectivity index is 1.59. The number of carbonyl (C=O) groups excluding carboxylic acids is 1. The summed E-state index contributed by atoms with van der Waals surface area (Å²) in [4.78, 5) is 25.3. The van der Waals surface area contributed by atoms with E-state index in [9.17, 15) is 14.9 Å². The monoisotopic (exact) mass is 432 g/mol. The Hall–Kier alpha value is -3.78. The van der Waals surface area contributed by atoms with E-state index in [0.717, 1.165) is 48.3 Å². The van der Waals surface area contributed by atoms with Gasteiger partial charge in [0.2, 0.25) is 0 Å². The summed E-state index contributed by atoms with van der Waals surface area (Å²) in [5.41, 5.74) is 7.19. The normalized spacial score (nSPS) is 17.9. The summed E-state index contributed by atoms with van der Waals surface area (Å²) >= 11 is 0. The molecule has 1 saturated heterocycles. The summed E-state index contributed by atoms with van der Waals surface area (Å²) in [7, 11) is 0. The molecule has 0 spiro atoms. The van der Waals surface area contributed by atoms with Gasteiger partial charge in [0.1, 0.15) is 0 Å². The largest absolute Gasteiger partial charge is 0.378 e. The number of rotatable bonds is 6. The number of non-ortho nitro benzene ring substituents is 1. The first-order chi connectivity index (χ1) is 15.6. The zero-order valence-corrected chi connectivity index (χ0v) is 17.6. The van der Waals surface area contributed by atoms with E-state index in [1.54, 1.807) is 42.6 Å². The van der Waals surface area contributed by atoms with E-state index >= 15 is 0 Å². The zero-order valence-electron chi connectivity index (χ0n) is 17.6. The number of benzene rings is 2. The van der Waals surface area contributed by atoms with E-state index in [1.807, 2.05) is 18.2 Å². The molecule has 0 bridgehead atoms. The number of carbonyl (C=O) groups is 1. The Labute approximate surface area is 186 Å². The first kappa shape index (κ1) is 21.5. The Bertz CT molecular complexity index is 1090. The maximum atomic E-state index is 12.3. The molecule has 32 heavy (non-hydrogen) atoms. The molecule has 1 fully saturated rings. The fourth-order valence-corrected chi connectivity index (χ4v) is 3.92. The Kier molecular flexibility index (Phi) is 6.72. The van der Waals surface area contributed by atoms with Gasteiger partial charge in [-0.3, -0.25) is 14.9 Å². The number of hydrogen-bond acceptors (Lipinski definition) is 6. The number of hydrazone groups is 1. The van der Waals surface area contributed by atoms with Gasteiger partial charge in [0.15, 0.2) is 0 Å². The lowest BCUT2D eigenvalue weighted by Gasteiger charge is -2.31. The first-order valence-electron chi connectivity index (χ1n) is 10.5. The molecule has 0 atom stereocenters. The van der Waals surface area contributed by atoms with E-state index in [2.05, 4.69) is 15.4 Å². The van der Waals surface area contributed by atoms with Gasteiger partial charge < -0.3 is 9.64 Å². The average Bonchev–Trinajstić information content (AvgIpc) is 3.22. The van der Waals surface area contributed by atoms with Crippen LogP contribution in [0.25, 0.3) is 6.08 Å². The quantitative estimate of drug-likeness (QED) is 0.426. The number of ether oxygens (including phenoxy) is 1. The van der Waals surface area contributed by atoms with Crippen LogP contribution in [0.2, 0.25) is 0 Å². The van der Waals surface area contributed by atoms with Crippen LogP contribution in [0.1, 0.15) is 28.8 Å². The lowest BCUT2D eigenvalue weighted by atomic mass is 10.1. The van der Waals surface area contributed by atoms with E-state index in [4.69, 9.17) is 4.74 Å². The molecule has 0 aromatic heterocycles. The number of nitro groups is 1. The second-order valence-corrected chi connectivity index (χ2v) is 7.56. The predicted octanol–water partition coefficient (Wildman–Crippen LogP) is 3.77. The molecule has 1 aliphatic carbocycles. The summed E-state index contributed by atoms with van der Waals surface area (Å²) in [6, 6.07) is 15.6. The molecule has 8 nitrogen and oxygen atoms in total. The number of hydrogen-bond donors (Lipinski definition) is 1. The summed E-state index contributed by atoms with van der Waals surface area (Å²) < 4.78 is 5.50. The van der Waals surface area contributed by atoms with Crippen molar-refractivity contribution in [3.63, 3.8) is 0 Å². The molecular weight excluding hydrogens is 408 g/mol. The molecule has 2 aliphatic rings. The van der Waals surface area contributed by atoms with E-state index in [0.29, 0.717) is 18.8 Å². The highest BCUT2D eigenvalue weighted by Gasteiger charge is 2.25.